The molecule has 3 rings (SSSR count). The second-order valence-electron chi connectivity index (χ2n) is 6.50. The molecule has 2 aliphatic rings. The quantitative estimate of drug-likeness (QED) is 0.900. The molecule has 3 heteroatoms. The number of carbonyl (C=O) groups is 1. The Morgan fingerprint density at radius 3 is 2.90 bits per heavy atom. The summed E-state index contributed by atoms with van der Waals surface area (Å²) in [5.74, 6) is 1.17. The molecule has 1 fully saturated rings. The molecule has 1 aliphatic carbocycles. The highest BCUT2D eigenvalue weighted by Crippen LogP contribution is 2.32. The van der Waals surface area contributed by atoms with Crippen molar-refractivity contribution in [2.24, 2.45) is 17.6 Å². The lowest BCUT2D eigenvalue weighted by molar-refractivity contribution is -0.119. The van der Waals surface area contributed by atoms with E-state index in [9.17, 15) is 4.79 Å². The summed E-state index contributed by atoms with van der Waals surface area (Å²) in [6.45, 7) is 3.06. The van der Waals surface area contributed by atoms with Gasteiger partial charge in [-0.15, -0.1) is 0 Å². The number of anilines is 1. The number of hydrogen-bond donors (Lipinski definition) is 1. The molecule has 1 saturated carbocycles. The van der Waals surface area contributed by atoms with Crippen LogP contribution in [-0.4, -0.2) is 18.5 Å². The van der Waals surface area contributed by atoms with Crippen LogP contribution in [0.15, 0.2) is 24.3 Å². The van der Waals surface area contributed by atoms with Crippen molar-refractivity contribution in [3.05, 3.63) is 29.8 Å². The van der Waals surface area contributed by atoms with Gasteiger partial charge in [-0.1, -0.05) is 31.5 Å². The van der Waals surface area contributed by atoms with E-state index in [0.29, 0.717) is 18.3 Å². The summed E-state index contributed by atoms with van der Waals surface area (Å²) in [5.41, 5.74) is 8.52. The van der Waals surface area contributed by atoms with Crippen LogP contribution in [0, 0.1) is 11.8 Å². The highest BCUT2D eigenvalue weighted by atomic mass is 16.2. The SMILES string of the molecule is CC1Cc2ccccc2N(C(=O)C[C@@H]2CCC[C@H]2N)C1. The molecule has 1 aromatic rings. The van der Waals surface area contributed by atoms with Gasteiger partial charge >= 0.3 is 0 Å². The third-order valence-electron chi connectivity index (χ3n) is 4.80. The van der Waals surface area contributed by atoms with Crippen molar-refractivity contribution >= 4 is 11.6 Å². The van der Waals surface area contributed by atoms with Crippen molar-refractivity contribution in [1.29, 1.82) is 0 Å². The molecular weight excluding hydrogens is 248 g/mol. The minimum absolute atomic E-state index is 0.219. The van der Waals surface area contributed by atoms with Crippen LogP contribution in [0.3, 0.4) is 0 Å². The molecule has 0 spiro atoms. The number of carbonyl (C=O) groups excluding carboxylic acids is 1. The molecular formula is C17H24N2O. The lowest BCUT2D eigenvalue weighted by Gasteiger charge is -2.34. The molecule has 0 radical (unpaired) electrons. The zero-order valence-electron chi connectivity index (χ0n) is 12.2. The first-order chi connectivity index (χ1) is 9.65. The fourth-order valence-corrected chi connectivity index (χ4v) is 3.69. The Labute approximate surface area is 121 Å². The Balaban J connectivity index is 1.77. The van der Waals surface area contributed by atoms with Gasteiger partial charge in [0.15, 0.2) is 0 Å². The minimum atomic E-state index is 0.219. The van der Waals surface area contributed by atoms with Crippen molar-refractivity contribution in [1.82, 2.24) is 0 Å². The summed E-state index contributed by atoms with van der Waals surface area (Å²) in [7, 11) is 0. The summed E-state index contributed by atoms with van der Waals surface area (Å²) in [5, 5.41) is 0. The van der Waals surface area contributed by atoms with Crippen molar-refractivity contribution in [2.75, 3.05) is 11.4 Å². The summed E-state index contributed by atoms with van der Waals surface area (Å²) in [6.07, 6.45) is 5.04. The maximum Gasteiger partial charge on any atom is 0.227 e. The molecule has 1 aliphatic heterocycles. The first kappa shape index (κ1) is 13.6. The Morgan fingerprint density at radius 1 is 1.35 bits per heavy atom. The molecule has 3 nitrogen and oxygen atoms in total. The lowest BCUT2D eigenvalue weighted by atomic mass is 9.92. The van der Waals surface area contributed by atoms with Crippen LogP contribution in [0.25, 0.3) is 0 Å². The van der Waals surface area contributed by atoms with Gasteiger partial charge in [0.05, 0.1) is 0 Å². The molecule has 1 amide bonds. The smallest absolute Gasteiger partial charge is 0.227 e. The predicted octanol–water partition coefficient (Wildman–Crippen LogP) is 2.73. The molecule has 3 atom stereocenters. The topological polar surface area (TPSA) is 46.3 Å². The molecule has 0 bridgehead atoms. The molecule has 1 unspecified atom stereocenters. The third-order valence-corrected chi connectivity index (χ3v) is 4.80. The minimum Gasteiger partial charge on any atom is -0.327 e. The van der Waals surface area contributed by atoms with Crippen molar-refractivity contribution < 1.29 is 4.79 Å². The first-order valence-corrected chi connectivity index (χ1v) is 7.79. The maximum atomic E-state index is 12.7. The number of amides is 1. The zero-order valence-corrected chi connectivity index (χ0v) is 12.2. The van der Waals surface area contributed by atoms with E-state index < -0.39 is 0 Å². The molecule has 0 aromatic heterocycles. The van der Waals surface area contributed by atoms with E-state index in [4.69, 9.17) is 5.73 Å². The van der Waals surface area contributed by atoms with Gasteiger partial charge in [-0.3, -0.25) is 4.79 Å². The third kappa shape index (κ3) is 2.59. The number of para-hydroxylation sites is 1. The Hall–Kier alpha value is -1.35. The second-order valence-corrected chi connectivity index (χ2v) is 6.50. The Kier molecular flexibility index (Phi) is 3.79. The van der Waals surface area contributed by atoms with Gasteiger partial charge in [-0.2, -0.15) is 0 Å². The Morgan fingerprint density at radius 2 is 2.15 bits per heavy atom. The highest BCUT2D eigenvalue weighted by Gasteiger charge is 2.31. The summed E-state index contributed by atoms with van der Waals surface area (Å²) in [4.78, 5) is 14.7. The second kappa shape index (κ2) is 5.57. The van der Waals surface area contributed by atoms with Crippen LogP contribution < -0.4 is 10.6 Å². The number of hydrogen-bond acceptors (Lipinski definition) is 2. The highest BCUT2D eigenvalue weighted by molar-refractivity contribution is 5.94. The maximum absolute atomic E-state index is 12.7. The van der Waals surface area contributed by atoms with Gasteiger partial charge in [0, 0.05) is 24.7 Å². The largest absolute Gasteiger partial charge is 0.327 e. The van der Waals surface area contributed by atoms with Gasteiger partial charge in [-0.05, 0) is 42.7 Å². The molecule has 1 heterocycles. The van der Waals surface area contributed by atoms with Crippen LogP contribution in [0.2, 0.25) is 0 Å². The van der Waals surface area contributed by atoms with E-state index in [1.54, 1.807) is 0 Å². The van der Waals surface area contributed by atoms with E-state index in [-0.39, 0.29) is 11.9 Å². The van der Waals surface area contributed by atoms with Gasteiger partial charge in [0.25, 0.3) is 0 Å². The average Bonchev–Trinajstić information content (AvgIpc) is 2.83. The van der Waals surface area contributed by atoms with Crippen LogP contribution in [0.1, 0.15) is 38.2 Å². The molecule has 108 valence electrons. The van der Waals surface area contributed by atoms with E-state index in [1.165, 1.54) is 12.0 Å². The number of fused-ring (bicyclic) bond motifs is 1. The summed E-state index contributed by atoms with van der Waals surface area (Å²) < 4.78 is 0. The van der Waals surface area contributed by atoms with E-state index >= 15 is 0 Å². The number of rotatable bonds is 2. The van der Waals surface area contributed by atoms with Crippen LogP contribution in [0.5, 0.6) is 0 Å². The van der Waals surface area contributed by atoms with Gasteiger partial charge in [-0.25, -0.2) is 0 Å². The van der Waals surface area contributed by atoms with Gasteiger partial charge < -0.3 is 10.6 Å². The predicted molar refractivity (Wildman–Crippen MR) is 81.6 cm³/mol. The molecule has 1 aromatic carbocycles. The first-order valence-electron chi connectivity index (χ1n) is 7.79. The molecule has 20 heavy (non-hydrogen) atoms. The normalized spacial score (nSPS) is 29.3. The van der Waals surface area contributed by atoms with E-state index in [2.05, 4.69) is 25.1 Å². The van der Waals surface area contributed by atoms with Crippen LogP contribution >= 0.6 is 0 Å². The Bertz CT molecular complexity index is 500. The van der Waals surface area contributed by atoms with Crippen molar-refractivity contribution in [3.8, 4) is 0 Å². The number of benzene rings is 1. The molecule has 0 saturated heterocycles. The zero-order chi connectivity index (χ0) is 14.1. The van der Waals surface area contributed by atoms with Crippen molar-refractivity contribution in [2.45, 2.75) is 45.1 Å². The standard InChI is InChI=1S/C17H24N2O/c1-12-9-14-5-2-3-8-16(14)19(11-12)17(20)10-13-6-4-7-15(13)18/h2-3,5,8,12-13,15H,4,6-7,9-11,18H2,1H3/t12?,13-,15+/m0/s1. The fraction of sp³-hybridized carbons (Fsp3) is 0.588. The lowest BCUT2D eigenvalue weighted by Crippen LogP contribution is -2.41. The summed E-state index contributed by atoms with van der Waals surface area (Å²) in [6, 6.07) is 8.53. The molecule has 2 N–H and O–H groups in total. The van der Waals surface area contributed by atoms with Crippen LogP contribution in [0.4, 0.5) is 5.69 Å². The van der Waals surface area contributed by atoms with Crippen LogP contribution in [-0.2, 0) is 11.2 Å². The van der Waals surface area contributed by atoms with Gasteiger partial charge in [0.1, 0.15) is 0 Å². The fourth-order valence-electron chi connectivity index (χ4n) is 3.69. The van der Waals surface area contributed by atoms with Gasteiger partial charge in [0.2, 0.25) is 5.91 Å². The monoisotopic (exact) mass is 272 g/mol. The number of nitrogens with two attached hydrogens (primary N) is 1. The number of nitrogens with zero attached hydrogens (tertiary/aromatic N) is 1. The van der Waals surface area contributed by atoms with E-state index in [1.807, 2.05) is 11.0 Å². The van der Waals surface area contributed by atoms with Crippen molar-refractivity contribution in [3.63, 3.8) is 0 Å². The average molecular weight is 272 g/mol. The van der Waals surface area contributed by atoms with E-state index in [0.717, 1.165) is 31.5 Å². The summed E-state index contributed by atoms with van der Waals surface area (Å²) >= 11 is 0.